The minimum atomic E-state index is -2.88. The van der Waals surface area contributed by atoms with E-state index in [2.05, 4.69) is 20.4 Å². The number of benzene rings is 1. The average molecular weight is 349 g/mol. The maximum Gasteiger partial charge on any atom is 0.387 e. The van der Waals surface area contributed by atoms with E-state index in [0.29, 0.717) is 17.7 Å². The second kappa shape index (κ2) is 8.41. The number of carbonyl (C=O) groups is 1. The van der Waals surface area contributed by atoms with Crippen LogP contribution < -0.4 is 15.4 Å². The number of nitrogens with one attached hydrogen (secondary N) is 2. The first-order valence-corrected chi connectivity index (χ1v) is 7.88. The molecule has 0 aliphatic heterocycles. The van der Waals surface area contributed by atoms with Gasteiger partial charge in [-0.3, -0.25) is 4.98 Å². The van der Waals surface area contributed by atoms with Crippen molar-refractivity contribution in [3.8, 4) is 5.75 Å². The molecule has 2 amide bonds. The Morgan fingerprint density at radius 1 is 1.24 bits per heavy atom. The quantitative estimate of drug-likeness (QED) is 0.827. The highest BCUT2D eigenvalue weighted by Gasteiger charge is 2.12. The molecule has 1 aromatic carbocycles. The van der Waals surface area contributed by atoms with Crippen LogP contribution >= 0.6 is 0 Å². The van der Waals surface area contributed by atoms with E-state index < -0.39 is 6.61 Å². The summed E-state index contributed by atoms with van der Waals surface area (Å²) in [7, 11) is 0. The average Bonchev–Trinajstić information content (AvgIpc) is 2.51. The molecule has 0 bridgehead atoms. The fourth-order valence-electron chi connectivity index (χ4n) is 2.41. The molecule has 25 heavy (non-hydrogen) atoms. The van der Waals surface area contributed by atoms with Crippen LogP contribution in [0.4, 0.5) is 19.3 Å². The van der Waals surface area contributed by atoms with E-state index in [1.807, 2.05) is 26.0 Å². The number of hydrogen-bond donors (Lipinski definition) is 2. The summed E-state index contributed by atoms with van der Waals surface area (Å²) >= 11 is 0. The van der Waals surface area contributed by atoms with Gasteiger partial charge in [0.05, 0.1) is 0 Å². The number of pyridine rings is 1. The van der Waals surface area contributed by atoms with Crippen LogP contribution in [-0.4, -0.2) is 23.7 Å². The number of carbonyl (C=O) groups excluding carboxylic acids is 1. The summed E-state index contributed by atoms with van der Waals surface area (Å²) in [5.74, 6) is 0.0532. The molecule has 0 aliphatic rings. The van der Waals surface area contributed by atoms with Gasteiger partial charge in [-0.05, 0) is 56.2 Å². The summed E-state index contributed by atoms with van der Waals surface area (Å²) < 4.78 is 28.7. The zero-order valence-corrected chi connectivity index (χ0v) is 14.3. The van der Waals surface area contributed by atoms with E-state index in [-0.39, 0.29) is 17.8 Å². The van der Waals surface area contributed by atoms with Gasteiger partial charge in [-0.1, -0.05) is 6.07 Å². The highest BCUT2D eigenvalue weighted by atomic mass is 19.3. The van der Waals surface area contributed by atoms with Gasteiger partial charge in [0.1, 0.15) is 5.75 Å². The predicted octanol–water partition coefficient (Wildman–Crippen LogP) is 4.05. The molecule has 2 N–H and O–H groups in total. The maximum absolute atomic E-state index is 12.2. The Hall–Kier alpha value is -2.70. The van der Waals surface area contributed by atoms with Gasteiger partial charge in [-0.15, -0.1) is 0 Å². The number of urea groups is 1. The summed E-state index contributed by atoms with van der Waals surface area (Å²) in [6.07, 6.45) is 2.34. The molecule has 1 atom stereocenters. The molecule has 1 aromatic heterocycles. The van der Waals surface area contributed by atoms with Crippen molar-refractivity contribution in [3.05, 3.63) is 53.3 Å². The van der Waals surface area contributed by atoms with Crippen LogP contribution in [0.15, 0.2) is 36.5 Å². The molecule has 0 fully saturated rings. The SMILES string of the molecule is Cc1cc(OC(F)F)ccc1NC(=O)N[C@@H](C)Cc1ncccc1C. The molecule has 0 spiro atoms. The largest absolute Gasteiger partial charge is 0.435 e. The summed E-state index contributed by atoms with van der Waals surface area (Å²) in [6.45, 7) is 2.69. The number of aromatic nitrogens is 1. The first-order chi connectivity index (χ1) is 11.8. The van der Waals surface area contributed by atoms with E-state index in [1.165, 1.54) is 18.2 Å². The molecule has 0 unspecified atom stereocenters. The lowest BCUT2D eigenvalue weighted by molar-refractivity contribution is -0.0498. The first kappa shape index (κ1) is 18.6. The van der Waals surface area contributed by atoms with E-state index in [1.54, 1.807) is 13.1 Å². The zero-order chi connectivity index (χ0) is 18.4. The lowest BCUT2D eigenvalue weighted by atomic mass is 10.1. The van der Waals surface area contributed by atoms with Crippen molar-refractivity contribution in [2.75, 3.05) is 5.32 Å². The smallest absolute Gasteiger partial charge is 0.387 e. The van der Waals surface area contributed by atoms with E-state index >= 15 is 0 Å². The molecule has 2 aromatic rings. The molecule has 0 saturated carbocycles. The Kier molecular flexibility index (Phi) is 6.27. The Labute approximate surface area is 145 Å². The second-order valence-electron chi connectivity index (χ2n) is 5.83. The van der Waals surface area contributed by atoms with Gasteiger partial charge in [0, 0.05) is 30.0 Å². The van der Waals surface area contributed by atoms with Crippen LogP contribution in [0.25, 0.3) is 0 Å². The standard InChI is InChI=1S/C18H21F2N3O2/c1-11-5-4-8-21-16(11)10-13(3)22-18(24)23-15-7-6-14(9-12(15)2)25-17(19)20/h4-9,13,17H,10H2,1-3H3,(H2,22,23,24)/t13-/m0/s1. The van der Waals surface area contributed by atoms with Gasteiger partial charge >= 0.3 is 12.6 Å². The normalized spacial score (nSPS) is 11.9. The molecule has 7 heteroatoms. The predicted molar refractivity (Wildman–Crippen MR) is 92.1 cm³/mol. The van der Waals surface area contributed by atoms with Crippen molar-refractivity contribution < 1.29 is 18.3 Å². The number of rotatable bonds is 6. The molecular formula is C18H21F2N3O2. The summed E-state index contributed by atoms with van der Waals surface area (Å²) in [5, 5.41) is 5.55. The van der Waals surface area contributed by atoms with Gasteiger partial charge < -0.3 is 15.4 Å². The van der Waals surface area contributed by atoms with Crippen LogP contribution in [0.5, 0.6) is 5.75 Å². The maximum atomic E-state index is 12.2. The summed E-state index contributed by atoms with van der Waals surface area (Å²) in [4.78, 5) is 16.4. The molecule has 134 valence electrons. The fourth-order valence-corrected chi connectivity index (χ4v) is 2.41. The lowest BCUT2D eigenvalue weighted by Crippen LogP contribution is -2.37. The Balaban J connectivity index is 1.92. The van der Waals surface area contributed by atoms with E-state index in [0.717, 1.165) is 11.3 Å². The third-order valence-corrected chi connectivity index (χ3v) is 3.67. The number of nitrogens with zero attached hydrogens (tertiary/aromatic N) is 1. The Morgan fingerprint density at radius 2 is 2.00 bits per heavy atom. The zero-order valence-electron chi connectivity index (χ0n) is 14.3. The third-order valence-electron chi connectivity index (χ3n) is 3.67. The number of halogens is 2. The summed E-state index contributed by atoms with van der Waals surface area (Å²) in [6, 6.07) is 7.72. The molecule has 0 saturated heterocycles. The van der Waals surface area contributed by atoms with Crippen LogP contribution in [-0.2, 0) is 6.42 Å². The van der Waals surface area contributed by atoms with Crippen LogP contribution in [0.3, 0.4) is 0 Å². The fraction of sp³-hybridized carbons (Fsp3) is 0.333. The minimum absolute atomic E-state index is 0.0532. The topological polar surface area (TPSA) is 63.2 Å². The van der Waals surface area contributed by atoms with Gasteiger partial charge in [-0.25, -0.2) is 4.79 Å². The first-order valence-electron chi connectivity index (χ1n) is 7.88. The van der Waals surface area contributed by atoms with Gasteiger partial charge in [0.2, 0.25) is 0 Å². The number of hydrogen-bond acceptors (Lipinski definition) is 3. The second-order valence-corrected chi connectivity index (χ2v) is 5.83. The molecule has 2 rings (SSSR count). The van der Waals surface area contributed by atoms with E-state index in [4.69, 9.17) is 0 Å². The van der Waals surface area contributed by atoms with Crippen molar-refractivity contribution in [3.63, 3.8) is 0 Å². The highest BCUT2D eigenvalue weighted by molar-refractivity contribution is 5.90. The number of anilines is 1. The molecule has 5 nitrogen and oxygen atoms in total. The Morgan fingerprint density at radius 3 is 2.64 bits per heavy atom. The van der Waals surface area contributed by atoms with Crippen molar-refractivity contribution in [2.24, 2.45) is 0 Å². The van der Waals surface area contributed by atoms with E-state index in [9.17, 15) is 13.6 Å². The van der Waals surface area contributed by atoms with Crippen molar-refractivity contribution in [2.45, 2.75) is 39.8 Å². The van der Waals surface area contributed by atoms with Gasteiger partial charge in [-0.2, -0.15) is 8.78 Å². The number of alkyl halides is 2. The molecular weight excluding hydrogens is 328 g/mol. The minimum Gasteiger partial charge on any atom is -0.435 e. The van der Waals surface area contributed by atoms with Crippen LogP contribution in [0, 0.1) is 13.8 Å². The highest BCUT2D eigenvalue weighted by Crippen LogP contribution is 2.22. The number of amides is 2. The molecule has 0 aliphatic carbocycles. The molecule has 0 radical (unpaired) electrons. The van der Waals surface area contributed by atoms with Crippen molar-refractivity contribution >= 4 is 11.7 Å². The lowest BCUT2D eigenvalue weighted by Gasteiger charge is -2.16. The van der Waals surface area contributed by atoms with Crippen molar-refractivity contribution in [1.82, 2.24) is 10.3 Å². The van der Waals surface area contributed by atoms with Gasteiger partial charge in [0.15, 0.2) is 0 Å². The number of aryl methyl sites for hydroxylation is 2. The Bertz CT molecular complexity index is 738. The van der Waals surface area contributed by atoms with Gasteiger partial charge in [0.25, 0.3) is 0 Å². The van der Waals surface area contributed by atoms with Crippen LogP contribution in [0.2, 0.25) is 0 Å². The number of ether oxygens (including phenoxy) is 1. The monoisotopic (exact) mass is 349 g/mol. The summed E-state index contributed by atoms with van der Waals surface area (Å²) in [5.41, 5.74) is 3.16. The molecule has 1 heterocycles. The third kappa shape index (κ3) is 5.70. The van der Waals surface area contributed by atoms with Crippen molar-refractivity contribution in [1.29, 1.82) is 0 Å². The van der Waals surface area contributed by atoms with Crippen LogP contribution in [0.1, 0.15) is 23.7 Å².